The van der Waals surface area contributed by atoms with E-state index in [0.717, 1.165) is 31.9 Å². The minimum Gasteiger partial charge on any atom is -0.393 e. The van der Waals surface area contributed by atoms with Gasteiger partial charge in [0.25, 0.3) is 0 Å². The van der Waals surface area contributed by atoms with Gasteiger partial charge >= 0.3 is 0 Å². The van der Waals surface area contributed by atoms with Crippen LogP contribution >= 0.6 is 0 Å². The number of nitrogens with zero attached hydrogens (tertiary/aromatic N) is 2. The molecule has 1 aromatic rings. The van der Waals surface area contributed by atoms with Crippen LogP contribution in [0.25, 0.3) is 0 Å². The van der Waals surface area contributed by atoms with E-state index in [0.29, 0.717) is 24.7 Å². The predicted molar refractivity (Wildman–Crippen MR) is 56.9 cm³/mol. The summed E-state index contributed by atoms with van der Waals surface area (Å²) in [6.45, 7) is 3.40. The van der Waals surface area contributed by atoms with Gasteiger partial charge in [0.1, 0.15) is 0 Å². The summed E-state index contributed by atoms with van der Waals surface area (Å²) in [7, 11) is 0. The number of ether oxygens (including phenoxy) is 1. The van der Waals surface area contributed by atoms with E-state index in [-0.39, 0.29) is 6.10 Å². The molecule has 2 rings (SSSR count). The molecule has 1 aromatic heterocycles. The molecule has 1 N–H and O–H groups in total. The zero-order valence-electron chi connectivity index (χ0n) is 9.56. The zero-order chi connectivity index (χ0) is 11.4. The minimum absolute atomic E-state index is 0.321. The van der Waals surface area contributed by atoms with Crippen molar-refractivity contribution < 1.29 is 14.4 Å². The van der Waals surface area contributed by atoms with Crippen LogP contribution in [0.2, 0.25) is 0 Å². The van der Waals surface area contributed by atoms with Gasteiger partial charge in [-0.15, -0.1) is 0 Å². The summed E-state index contributed by atoms with van der Waals surface area (Å²) in [4.78, 5) is 4.30. The molecule has 1 aliphatic heterocycles. The second-order valence-corrected chi connectivity index (χ2v) is 4.43. The second-order valence-electron chi connectivity index (χ2n) is 4.43. The maximum atomic E-state index is 9.14. The summed E-state index contributed by atoms with van der Waals surface area (Å²) in [6, 6.07) is 0. The molecule has 0 bridgehead atoms. The quantitative estimate of drug-likeness (QED) is 0.810. The number of hydrogen-bond donors (Lipinski definition) is 1. The van der Waals surface area contributed by atoms with Crippen LogP contribution in [0, 0.1) is 5.92 Å². The van der Waals surface area contributed by atoms with Gasteiger partial charge in [-0.25, -0.2) is 0 Å². The highest BCUT2D eigenvalue weighted by Crippen LogP contribution is 2.16. The molecule has 0 aliphatic carbocycles. The summed E-state index contributed by atoms with van der Waals surface area (Å²) < 4.78 is 10.4. The molecule has 2 heterocycles. The predicted octanol–water partition coefficient (Wildman–Crippen LogP) is 0.962. The molecule has 0 radical (unpaired) electrons. The molecule has 16 heavy (non-hydrogen) atoms. The number of aliphatic hydroxyl groups is 1. The molecule has 0 amide bonds. The van der Waals surface area contributed by atoms with E-state index in [2.05, 4.69) is 10.1 Å². The van der Waals surface area contributed by atoms with Gasteiger partial charge in [-0.3, -0.25) is 0 Å². The lowest BCUT2D eigenvalue weighted by molar-refractivity contribution is 0.180. The van der Waals surface area contributed by atoms with Crippen molar-refractivity contribution >= 4 is 0 Å². The van der Waals surface area contributed by atoms with Crippen molar-refractivity contribution in [3.8, 4) is 0 Å². The first-order valence-electron chi connectivity index (χ1n) is 5.81. The first kappa shape index (κ1) is 11.5. The third-order valence-corrected chi connectivity index (χ3v) is 2.78. The summed E-state index contributed by atoms with van der Waals surface area (Å²) in [5.41, 5.74) is 0. The summed E-state index contributed by atoms with van der Waals surface area (Å²) in [6.07, 6.45) is 2.90. The molecule has 90 valence electrons. The Bertz CT molecular complexity index is 319. The van der Waals surface area contributed by atoms with Crippen LogP contribution < -0.4 is 0 Å². The van der Waals surface area contributed by atoms with Crippen LogP contribution in [0.3, 0.4) is 0 Å². The molecule has 1 saturated heterocycles. The fourth-order valence-corrected chi connectivity index (χ4v) is 1.81. The van der Waals surface area contributed by atoms with Gasteiger partial charge < -0.3 is 14.4 Å². The lowest BCUT2D eigenvalue weighted by Gasteiger charge is -2.01. The lowest BCUT2D eigenvalue weighted by Crippen LogP contribution is -2.05. The number of aliphatic hydroxyl groups excluding tert-OH is 1. The average Bonchev–Trinajstić information content (AvgIpc) is 2.87. The van der Waals surface area contributed by atoms with E-state index in [1.54, 1.807) is 6.92 Å². The van der Waals surface area contributed by atoms with E-state index in [1.807, 2.05) is 0 Å². The van der Waals surface area contributed by atoms with Crippen molar-refractivity contribution in [1.29, 1.82) is 0 Å². The fourth-order valence-electron chi connectivity index (χ4n) is 1.81. The van der Waals surface area contributed by atoms with Gasteiger partial charge in [0.15, 0.2) is 5.82 Å². The van der Waals surface area contributed by atoms with Crippen LogP contribution in [0.15, 0.2) is 4.52 Å². The summed E-state index contributed by atoms with van der Waals surface area (Å²) in [5.74, 6) is 1.91. The molecular weight excluding hydrogens is 208 g/mol. The third kappa shape index (κ3) is 3.28. The van der Waals surface area contributed by atoms with Crippen LogP contribution in [0.5, 0.6) is 0 Å². The van der Waals surface area contributed by atoms with Crippen LogP contribution in [0.4, 0.5) is 0 Å². The van der Waals surface area contributed by atoms with E-state index >= 15 is 0 Å². The molecule has 0 saturated carbocycles. The number of aromatic nitrogens is 2. The van der Waals surface area contributed by atoms with Gasteiger partial charge in [-0.05, 0) is 25.7 Å². The standard InChI is InChI=1S/C11H18N2O3/c1-8(14)2-3-11-12-10(13-16-11)6-9-4-5-15-7-9/h8-9,14H,2-7H2,1H3. The van der Waals surface area contributed by atoms with Gasteiger partial charge in [-0.1, -0.05) is 5.16 Å². The first-order valence-corrected chi connectivity index (χ1v) is 5.81. The fraction of sp³-hybridized carbons (Fsp3) is 0.818. The molecule has 2 unspecified atom stereocenters. The van der Waals surface area contributed by atoms with Crippen molar-refractivity contribution in [2.45, 2.75) is 38.7 Å². The van der Waals surface area contributed by atoms with Gasteiger partial charge in [0, 0.05) is 26.1 Å². The molecule has 1 fully saturated rings. The largest absolute Gasteiger partial charge is 0.393 e. The third-order valence-electron chi connectivity index (χ3n) is 2.78. The number of rotatable bonds is 5. The maximum absolute atomic E-state index is 9.14. The normalized spacial score (nSPS) is 22.5. The Labute approximate surface area is 94.8 Å². The lowest BCUT2D eigenvalue weighted by atomic mass is 10.1. The molecule has 5 nitrogen and oxygen atoms in total. The minimum atomic E-state index is -0.321. The number of aryl methyl sites for hydroxylation is 1. The van der Waals surface area contributed by atoms with E-state index in [9.17, 15) is 0 Å². The Morgan fingerprint density at radius 3 is 3.12 bits per heavy atom. The Balaban J connectivity index is 1.81. The number of hydrogen-bond acceptors (Lipinski definition) is 5. The highest BCUT2D eigenvalue weighted by molar-refractivity contribution is 4.89. The van der Waals surface area contributed by atoms with E-state index in [1.165, 1.54) is 0 Å². The summed E-state index contributed by atoms with van der Waals surface area (Å²) in [5, 5.41) is 13.1. The Morgan fingerprint density at radius 1 is 1.56 bits per heavy atom. The molecule has 1 aliphatic rings. The monoisotopic (exact) mass is 226 g/mol. The Kier molecular flexibility index (Phi) is 3.90. The van der Waals surface area contributed by atoms with E-state index in [4.69, 9.17) is 14.4 Å². The SMILES string of the molecule is CC(O)CCc1nc(CC2CCOC2)no1. The molecular formula is C11H18N2O3. The molecule has 0 aromatic carbocycles. The van der Waals surface area contributed by atoms with Crippen molar-refractivity contribution in [1.82, 2.24) is 10.1 Å². The van der Waals surface area contributed by atoms with Crippen molar-refractivity contribution in [3.05, 3.63) is 11.7 Å². The topological polar surface area (TPSA) is 68.4 Å². The van der Waals surface area contributed by atoms with Crippen LogP contribution in [-0.4, -0.2) is 34.6 Å². The van der Waals surface area contributed by atoms with Crippen molar-refractivity contribution in [2.75, 3.05) is 13.2 Å². The summed E-state index contributed by atoms with van der Waals surface area (Å²) >= 11 is 0. The smallest absolute Gasteiger partial charge is 0.226 e. The van der Waals surface area contributed by atoms with Crippen LogP contribution in [0.1, 0.15) is 31.5 Å². The highest BCUT2D eigenvalue weighted by Gasteiger charge is 2.19. The van der Waals surface area contributed by atoms with Gasteiger partial charge in [0.2, 0.25) is 5.89 Å². The Morgan fingerprint density at radius 2 is 2.44 bits per heavy atom. The van der Waals surface area contributed by atoms with E-state index < -0.39 is 0 Å². The molecule has 5 heteroatoms. The van der Waals surface area contributed by atoms with Crippen molar-refractivity contribution in [2.24, 2.45) is 5.92 Å². The zero-order valence-corrected chi connectivity index (χ0v) is 9.56. The van der Waals surface area contributed by atoms with Crippen molar-refractivity contribution in [3.63, 3.8) is 0 Å². The highest BCUT2D eigenvalue weighted by atomic mass is 16.5. The Hall–Kier alpha value is -0.940. The maximum Gasteiger partial charge on any atom is 0.226 e. The van der Waals surface area contributed by atoms with Gasteiger partial charge in [-0.2, -0.15) is 4.98 Å². The molecule has 2 atom stereocenters. The van der Waals surface area contributed by atoms with Crippen LogP contribution in [-0.2, 0) is 17.6 Å². The second kappa shape index (κ2) is 5.41. The molecule has 0 spiro atoms. The first-order chi connectivity index (χ1) is 7.74. The van der Waals surface area contributed by atoms with Gasteiger partial charge in [0.05, 0.1) is 6.10 Å². The average molecular weight is 226 g/mol.